The Kier molecular flexibility index (Phi) is 6.04. The Bertz CT molecular complexity index is 1140. The fourth-order valence-corrected chi connectivity index (χ4v) is 3.91. The number of carbonyl (C=O) groups is 1. The Labute approximate surface area is 181 Å². The smallest absolute Gasteiger partial charge is 0.256 e. The first kappa shape index (κ1) is 20.1. The number of amides is 1. The predicted octanol–water partition coefficient (Wildman–Crippen LogP) is 5.30. The van der Waals surface area contributed by atoms with Crippen LogP contribution in [-0.2, 0) is 4.74 Å². The third-order valence-electron chi connectivity index (χ3n) is 4.85. The number of carbonyl (C=O) groups excluding carboxylic acids is 1. The lowest BCUT2D eigenvalue weighted by molar-refractivity contribution is 0.0854. The Morgan fingerprint density at radius 3 is 2.90 bits per heavy atom. The number of nitrogens with zero attached hydrogens (tertiary/aromatic N) is 1. The Morgan fingerprint density at radius 2 is 2.14 bits per heavy atom. The number of aryl methyl sites for hydroxylation is 1. The van der Waals surface area contributed by atoms with Gasteiger partial charge in [-0.2, -0.15) is 0 Å². The molecule has 1 amide bonds. The van der Waals surface area contributed by atoms with Gasteiger partial charge in [-0.25, -0.2) is 4.99 Å². The van der Waals surface area contributed by atoms with Crippen LogP contribution in [0.2, 0.25) is 5.02 Å². The summed E-state index contributed by atoms with van der Waals surface area (Å²) in [5, 5.41) is 4.40. The number of ether oxygens (including phenoxy) is 1. The van der Waals surface area contributed by atoms with Crippen molar-refractivity contribution in [1.82, 2.24) is 5.32 Å². The van der Waals surface area contributed by atoms with Gasteiger partial charge in [0.15, 0.2) is 0 Å². The van der Waals surface area contributed by atoms with E-state index in [4.69, 9.17) is 20.8 Å². The molecule has 4 rings (SSSR count). The fraction of sp³-hybridized carbons (Fsp3) is 0.273. The van der Waals surface area contributed by atoms with E-state index in [0.29, 0.717) is 28.4 Å². The minimum absolute atomic E-state index is 0.0596. The summed E-state index contributed by atoms with van der Waals surface area (Å²) in [6.07, 6.45) is 2.04. The molecule has 1 aliphatic heterocycles. The normalized spacial score (nSPS) is 17.1. The zero-order valence-corrected chi connectivity index (χ0v) is 18.2. The molecule has 1 atom stereocenters. The van der Waals surface area contributed by atoms with Gasteiger partial charge in [-0.1, -0.05) is 27.5 Å². The van der Waals surface area contributed by atoms with Crippen molar-refractivity contribution < 1.29 is 13.9 Å². The van der Waals surface area contributed by atoms with Crippen LogP contribution in [0.25, 0.3) is 11.0 Å². The van der Waals surface area contributed by atoms with E-state index in [2.05, 4.69) is 26.2 Å². The molecule has 3 aromatic rings. The highest BCUT2D eigenvalue weighted by Crippen LogP contribution is 2.23. The number of benzene rings is 2. The van der Waals surface area contributed by atoms with Crippen molar-refractivity contribution in [3.05, 3.63) is 68.6 Å². The Morgan fingerprint density at radius 1 is 1.28 bits per heavy atom. The minimum Gasteiger partial charge on any atom is -0.438 e. The second kappa shape index (κ2) is 8.69. The van der Waals surface area contributed by atoms with Crippen LogP contribution < -0.4 is 10.9 Å². The molecule has 7 heteroatoms. The second-order valence-electron chi connectivity index (χ2n) is 7.04. The predicted molar refractivity (Wildman–Crippen MR) is 117 cm³/mol. The lowest BCUT2D eigenvalue weighted by Crippen LogP contribution is -2.34. The molecule has 1 unspecified atom stereocenters. The molecule has 5 nitrogen and oxygen atoms in total. The van der Waals surface area contributed by atoms with Crippen molar-refractivity contribution in [3.63, 3.8) is 0 Å². The average Bonchev–Trinajstić information content (AvgIpc) is 3.21. The molecule has 0 bridgehead atoms. The summed E-state index contributed by atoms with van der Waals surface area (Å²) in [5.41, 5.74) is 2.88. The first-order chi connectivity index (χ1) is 14.0. The molecule has 1 N–H and O–H groups in total. The van der Waals surface area contributed by atoms with E-state index >= 15 is 0 Å². The highest BCUT2D eigenvalue weighted by atomic mass is 79.9. The summed E-state index contributed by atoms with van der Waals surface area (Å²) < 4.78 is 12.5. The monoisotopic (exact) mass is 474 g/mol. The molecular weight excluding hydrogens is 456 g/mol. The maximum atomic E-state index is 13.0. The molecular formula is C22H20BrClN2O3. The molecule has 29 heavy (non-hydrogen) atoms. The molecule has 1 aromatic heterocycles. The first-order valence-electron chi connectivity index (χ1n) is 9.44. The maximum absolute atomic E-state index is 13.0. The van der Waals surface area contributed by atoms with Gasteiger partial charge in [0.1, 0.15) is 11.1 Å². The van der Waals surface area contributed by atoms with Gasteiger partial charge in [0.05, 0.1) is 11.8 Å². The SMILES string of the molecule is Cc1cc(Cl)ccc1N=c1oc2ccc(Br)cc2cc1C(=O)NCC1CCCO1. The molecule has 0 aliphatic carbocycles. The Balaban J connectivity index is 1.78. The summed E-state index contributed by atoms with van der Waals surface area (Å²) >= 11 is 9.52. The van der Waals surface area contributed by atoms with Gasteiger partial charge in [-0.3, -0.25) is 4.79 Å². The largest absolute Gasteiger partial charge is 0.438 e. The molecule has 0 spiro atoms. The summed E-state index contributed by atoms with van der Waals surface area (Å²) in [4.78, 5) is 17.6. The van der Waals surface area contributed by atoms with Crippen LogP contribution in [-0.4, -0.2) is 25.2 Å². The van der Waals surface area contributed by atoms with Crippen molar-refractivity contribution in [3.8, 4) is 0 Å². The standard InChI is InChI=1S/C22H20BrClN2O3/c1-13-9-16(24)5-6-19(13)26-22-18(21(27)25-12-17-3-2-8-28-17)11-14-10-15(23)4-7-20(14)29-22/h4-7,9-11,17H,2-3,8,12H2,1H3,(H,25,27). The molecule has 1 fully saturated rings. The lowest BCUT2D eigenvalue weighted by Gasteiger charge is -2.11. The number of fused-ring (bicyclic) bond motifs is 1. The van der Waals surface area contributed by atoms with Crippen molar-refractivity contribution in [2.75, 3.05) is 13.2 Å². The van der Waals surface area contributed by atoms with Crippen LogP contribution >= 0.6 is 27.5 Å². The second-order valence-corrected chi connectivity index (χ2v) is 8.39. The van der Waals surface area contributed by atoms with Gasteiger partial charge in [-0.15, -0.1) is 0 Å². The van der Waals surface area contributed by atoms with Gasteiger partial charge < -0.3 is 14.5 Å². The number of hydrogen-bond donors (Lipinski definition) is 1. The van der Waals surface area contributed by atoms with Gasteiger partial charge in [0, 0.05) is 28.0 Å². The Hall–Kier alpha value is -2.15. The highest BCUT2D eigenvalue weighted by molar-refractivity contribution is 9.10. The molecule has 1 saturated heterocycles. The third-order valence-corrected chi connectivity index (χ3v) is 5.58. The number of rotatable bonds is 4. The van der Waals surface area contributed by atoms with Gasteiger partial charge in [-0.05, 0) is 67.8 Å². The maximum Gasteiger partial charge on any atom is 0.256 e. The zero-order valence-electron chi connectivity index (χ0n) is 15.9. The van der Waals surface area contributed by atoms with E-state index in [1.54, 1.807) is 12.1 Å². The van der Waals surface area contributed by atoms with Crippen LogP contribution in [0, 0.1) is 6.92 Å². The molecule has 1 aliphatic rings. The topological polar surface area (TPSA) is 63.8 Å². The van der Waals surface area contributed by atoms with E-state index in [-0.39, 0.29) is 17.6 Å². The summed E-state index contributed by atoms with van der Waals surface area (Å²) in [7, 11) is 0. The van der Waals surface area contributed by atoms with Crippen LogP contribution in [0.1, 0.15) is 28.8 Å². The van der Waals surface area contributed by atoms with Crippen molar-refractivity contribution in [1.29, 1.82) is 0 Å². The molecule has 0 radical (unpaired) electrons. The number of halogens is 2. The zero-order chi connectivity index (χ0) is 20.4. The van der Waals surface area contributed by atoms with Gasteiger partial charge >= 0.3 is 0 Å². The minimum atomic E-state index is -0.239. The van der Waals surface area contributed by atoms with Crippen LogP contribution in [0.4, 0.5) is 5.69 Å². The molecule has 2 aromatic carbocycles. The van der Waals surface area contributed by atoms with Crippen molar-refractivity contribution in [2.24, 2.45) is 4.99 Å². The fourth-order valence-electron chi connectivity index (χ4n) is 3.31. The quantitative estimate of drug-likeness (QED) is 0.557. The van der Waals surface area contributed by atoms with Crippen LogP contribution in [0.5, 0.6) is 0 Å². The highest BCUT2D eigenvalue weighted by Gasteiger charge is 2.18. The van der Waals surface area contributed by atoms with E-state index in [9.17, 15) is 4.79 Å². The van der Waals surface area contributed by atoms with E-state index in [0.717, 1.165) is 34.9 Å². The third kappa shape index (κ3) is 4.71. The molecule has 0 saturated carbocycles. The molecule has 2 heterocycles. The number of hydrogen-bond acceptors (Lipinski definition) is 4. The summed E-state index contributed by atoms with van der Waals surface area (Å²) in [6, 6.07) is 12.9. The van der Waals surface area contributed by atoms with Crippen LogP contribution in [0.3, 0.4) is 0 Å². The van der Waals surface area contributed by atoms with Gasteiger partial charge in [0.2, 0.25) is 5.55 Å². The first-order valence-corrected chi connectivity index (χ1v) is 10.6. The molecule has 150 valence electrons. The average molecular weight is 476 g/mol. The van der Waals surface area contributed by atoms with E-state index in [1.165, 1.54) is 0 Å². The van der Waals surface area contributed by atoms with Crippen molar-refractivity contribution in [2.45, 2.75) is 25.9 Å². The van der Waals surface area contributed by atoms with Crippen molar-refractivity contribution >= 4 is 50.1 Å². The van der Waals surface area contributed by atoms with Crippen LogP contribution in [0.15, 0.2) is 56.3 Å². The summed E-state index contributed by atoms with van der Waals surface area (Å²) in [5.74, 6) is -0.239. The lowest BCUT2D eigenvalue weighted by atomic mass is 10.1. The summed E-state index contributed by atoms with van der Waals surface area (Å²) in [6.45, 7) is 3.13. The number of nitrogens with one attached hydrogen (secondary N) is 1. The van der Waals surface area contributed by atoms with Gasteiger partial charge in [0.25, 0.3) is 5.91 Å². The van der Waals surface area contributed by atoms with E-state index in [1.807, 2.05) is 37.3 Å². The van der Waals surface area contributed by atoms with E-state index < -0.39 is 0 Å².